The number of nitrogens with zero attached hydrogens (tertiary/aromatic N) is 2. The summed E-state index contributed by atoms with van der Waals surface area (Å²) in [6.45, 7) is 4.19. The van der Waals surface area contributed by atoms with E-state index < -0.39 is 0 Å². The molecule has 1 heterocycles. The molecule has 0 N–H and O–H groups in total. The predicted molar refractivity (Wildman–Crippen MR) is 94.8 cm³/mol. The first-order chi connectivity index (χ1) is 11.6. The first-order valence-corrected chi connectivity index (χ1v) is 8.33. The van der Waals surface area contributed by atoms with Crippen LogP contribution in [-0.4, -0.2) is 44.0 Å². The number of thioether (sulfide) groups is 1. The van der Waals surface area contributed by atoms with E-state index in [1.54, 1.807) is 25.1 Å². The average molecular weight is 352 g/mol. The minimum absolute atomic E-state index is 0.176. The standard InChI is InChI=1S/C17H24N2O4S/c1-14-5-6-16(18-8-14)10-24-17(7-15(2)23-13-22-4)9-19(11-20)12-21-3/h5-9,11H,10,12-13H2,1-4H3/b15-7+,17-9+. The van der Waals surface area contributed by atoms with E-state index in [1.165, 1.54) is 12.0 Å². The van der Waals surface area contributed by atoms with E-state index in [9.17, 15) is 4.79 Å². The number of hydrogen-bond donors (Lipinski definition) is 0. The highest BCUT2D eigenvalue weighted by molar-refractivity contribution is 8.02. The van der Waals surface area contributed by atoms with Crippen LogP contribution in [0.3, 0.4) is 0 Å². The first-order valence-electron chi connectivity index (χ1n) is 7.35. The van der Waals surface area contributed by atoms with Gasteiger partial charge in [0.15, 0.2) is 6.79 Å². The Kier molecular flexibility index (Phi) is 9.83. The fraction of sp³-hybridized carbons (Fsp3) is 0.412. The van der Waals surface area contributed by atoms with Crippen molar-refractivity contribution in [3.63, 3.8) is 0 Å². The summed E-state index contributed by atoms with van der Waals surface area (Å²) >= 11 is 1.56. The van der Waals surface area contributed by atoms with Crippen molar-refractivity contribution in [1.29, 1.82) is 0 Å². The number of carbonyl (C=O) groups excluding carboxylic acids is 1. The number of carbonyl (C=O) groups is 1. The molecule has 0 aliphatic carbocycles. The zero-order valence-electron chi connectivity index (χ0n) is 14.5. The number of allylic oxidation sites excluding steroid dienone is 2. The number of aryl methyl sites for hydroxylation is 1. The Morgan fingerprint density at radius 3 is 2.71 bits per heavy atom. The lowest BCUT2D eigenvalue weighted by Gasteiger charge is -2.13. The Bertz CT molecular complexity index is 558. The van der Waals surface area contributed by atoms with Gasteiger partial charge >= 0.3 is 0 Å². The van der Waals surface area contributed by atoms with Crippen molar-refractivity contribution in [2.24, 2.45) is 0 Å². The molecule has 1 aromatic rings. The lowest BCUT2D eigenvalue weighted by atomic mass is 10.3. The van der Waals surface area contributed by atoms with Gasteiger partial charge in [0.25, 0.3) is 0 Å². The Morgan fingerprint density at radius 1 is 1.33 bits per heavy atom. The van der Waals surface area contributed by atoms with E-state index in [0.717, 1.165) is 16.2 Å². The molecule has 0 atom stereocenters. The number of ether oxygens (including phenoxy) is 3. The second-order valence-corrected chi connectivity index (χ2v) is 6.04. The molecule has 24 heavy (non-hydrogen) atoms. The predicted octanol–water partition coefficient (Wildman–Crippen LogP) is 3.05. The van der Waals surface area contributed by atoms with Crippen molar-refractivity contribution in [1.82, 2.24) is 9.88 Å². The highest BCUT2D eigenvalue weighted by Crippen LogP contribution is 2.23. The van der Waals surface area contributed by atoms with Crippen molar-refractivity contribution in [3.8, 4) is 0 Å². The molecule has 0 aliphatic heterocycles. The molecule has 0 spiro atoms. The third-order valence-electron chi connectivity index (χ3n) is 2.82. The SMILES string of the molecule is COCO/C(C)=C/C(=C\N(C=O)COC)SCc1ccc(C)cn1. The molecule has 1 aromatic heterocycles. The summed E-state index contributed by atoms with van der Waals surface area (Å²) in [6.07, 6.45) is 6.12. The van der Waals surface area contributed by atoms with Crippen molar-refractivity contribution in [2.75, 3.05) is 27.7 Å². The van der Waals surface area contributed by atoms with Gasteiger partial charge in [-0.1, -0.05) is 6.07 Å². The van der Waals surface area contributed by atoms with Crippen LogP contribution in [0, 0.1) is 6.92 Å². The zero-order chi connectivity index (χ0) is 17.8. The Labute approximate surface area is 147 Å². The fourth-order valence-corrected chi connectivity index (χ4v) is 2.61. The van der Waals surface area contributed by atoms with Crippen LogP contribution in [0.2, 0.25) is 0 Å². The number of hydrogen-bond acceptors (Lipinski definition) is 6. The molecule has 0 radical (unpaired) electrons. The summed E-state index contributed by atoms with van der Waals surface area (Å²) in [5.41, 5.74) is 2.08. The smallest absolute Gasteiger partial charge is 0.215 e. The van der Waals surface area contributed by atoms with Gasteiger partial charge in [-0.3, -0.25) is 14.7 Å². The molecule has 0 saturated heterocycles. The van der Waals surface area contributed by atoms with Gasteiger partial charge in [0.2, 0.25) is 6.41 Å². The molecule has 1 rings (SSSR count). The second kappa shape index (κ2) is 11.7. The lowest BCUT2D eigenvalue weighted by molar-refractivity contribution is -0.119. The van der Waals surface area contributed by atoms with Gasteiger partial charge in [0.05, 0.1) is 11.5 Å². The monoisotopic (exact) mass is 352 g/mol. The van der Waals surface area contributed by atoms with Crippen molar-refractivity contribution < 1.29 is 19.0 Å². The third-order valence-corrected chi connectivity index (χ3v) is 3.81. The number of methoxy groups -OCH3 is 2. The maximum absolute atomic E-state index is 11.1. The van der Waals surface area contributed by atoms with Crippen LogP contribution in [0.25, 0.3) is 0 Å². The van der Waals surface area contributed by atoms with E-state index in [4.69, 9.17) is 14.2 Å². The van der Waals surface area contributed by atoms with Gasteiger partial charge in [0.1, 0.15) is 6.73 Å². The number of rotatable bonds is 11. The fourth-order valence-electron chi connectivity index (χ4n) is 1.66. The number of pyridine rings is 1. The lowest BCUT2D eigenvalue weighted by Crippen LogP contribution is -2.18. The largest absolute Gasteiger partial charge is 0.472 e. The van der Waals surface area contributed by atoms with E-state index in [1.807, 2.05) is 38.3 Å². The normalized spacial score (nSPS) is 12.2. The Balaban J connectivity index is 2.84. The average Bonchev–Trinajstić information content (AvgIpc) is 2.58. The van der Waals surface area contributed by atoms with E-state index >= 15 is 0 Å². The van der Waals surface area contributed by atoms with Gasteiger partial charge < -0.3 is 14.2 Å². The molecule has 1 amide bonds. The van der Waals surface area contributed by atoms with Crippen LogP contribution in [0.1, 0.15) is 18.2 Å². The van der Waals surface area contributed by atoms with E-state index in [-0.39, 0.29) is 13.5 Å². The minimum Gasteiger partial charge on any atom is -0.472 e. The van der Waals surface area contributed by atoms with Gasteiger partial charge in [-0.15, -0.1) is 11.8 Å². The summed E-state index contributed by atoms with van der Waals surface area (Å²) in [5.74, 6) is 1.37. The number of amides is 1. The minimum atomic E-state index is 0.176. The molecule has 7 heteroatoms. The van der Waals surface area contributed by atoms with Crippen molar-refractivity contribution in [3.05, 3.63) is 52.5 Å². The molecule has 132 valence electrons. The topological polar surface area (TPSA) is 60.9 Å². The molecule has 6 nitrogen and oxygen atoms in total. The Hall–Kier alpha value is -1.83. The quantitative estimate of drug-likeness (QED) is 0.264. The van der Waals surface area contributed by atoms with Gasteiger partial charge in [-0.05, 0) is 31.6 Å². The maximum atomic E-state index is 11.1. The third kappa shape index (κ3) is 8.14. The van der Waals surface area contributed by atoms with Crippen LogP contribution in [-0.2, 0) is 24.8 Å². The first kappa shape index (κ1) is 20.2. The number of aromatic nitrogens is 1. The second-order valence-electron chi connectivity index (χ2n) is 4.99. The van der Waals surface area contributed by atoms with Gasteiger partial charge in [0, 0.05) is 37.3 Å². The summed E-state index contributed by atoms with van der Waals surface area (Å²) in [6, 6.07) is 4.02. The van der Waals surface area contributed by atoms with E-state index in [2.05, 4.69) is 4.98 Å². The summed E-state index contributed by atoms with van der Waals surface area (Å²) in [7, 11) is 3.10. The molecule has 0 aromatic carbocycles. The molecular weight excluding hydrogens is 328 g/mol. The molecule has 0 saturated carbocycles. The maximum Gasteiger partial charge on any atom is 0.215 e. The van der Waals surface area contributed by atoms with Crippen LogP contribution >= 0.6 is 11.8 Å². The highest BCUT2D eigenvalue weighted by atomic mass is 32.2. The van der Waals surface area contributed by atoms with Crippen LogP contribution < -0.4 is 0 Å². The van der Waals surface area contributed by atoms with Crippen molar-refractivity contribution >= 4 is 18.2 Å². The molecule has 0 fully saturated rings. The molecule has 0 bridgehead atoms. The van der Waals surface area contributed by atoms with Crippen LogP contribution in [0.4, 0.5) is 0 Å². The zero-order valence-corrected chi connectivity index (χ0v) is 15.3. The van der Waals surface area contributed by atoms with Gasteiger partial charge in [-0.25, -0.2) is 0 Å². The summed E-state index contributed by atoms with van der Waals surface area (Å²) in [5, 5.41) is 0. The molecule has 0 unspecified atom stereocenters. The highest BCUT2D eigenvalue weighted by Gasteiger charge is 2.04. The van der Waals surface area contributed by atoms with Gasteiger partial charge in [-0.2, -0.15) is 0 Å². The van der Waals surface area contributed by atoms with Crippen LogP contribution in [0.5, 0.6) is 0 Å². The molecular formula is C17H24N2O4S. The van der Waals surface area contributed by atoms with Crippen molar-refractivity contribution in [2.45, 2.75) is 19.6 Å². The van der Waals surface area contributed by atoms with Crippen LogP contribution in [0.15, 0.2) is 41.3 Å². The van der Waals surface area contributed by atoms with E-state index in [0.29, 0.717) is 17.9 Å². The summed E-state index contributed by atoms with van der Waals surface area (Å²) < 4.78 is 15.3. The molecule has 0 aliphatic rings. The summed E-state index contributed by atoms with van der Waals surface area (Å²) in [4.78, 5) is 17.8. The Morgan fingerprint density at radius 2 is 2.12 bits per heavy atom.